The molecule has 0 aliphatic heterocycles. The summed E-state index contributed by atoms with van der Waals surface area (Å²) in [5, 5.41) is 11.4. The highest BCUT2D eigenvalue weighted by atomic mass is 16.6. The van der Waals surface area contributed by atoms with Gasteiger partial charge in [-0.05, 0) is 0 Å². The van der Waals surface area contributed by atoms with Crippen LogP contribution in [0.2, 0.25) is 0 Å². The molecule has 0 aromatic carbocycles. The van der Waals surface area contributed by atoms with Crippen LogP contribution in [0.15, 0.2) is 0 Å². The third-order valence-corrected chi connectivity index (χ3v) is 4.56. The molecule has 0 aromatic rings. The van der Waals surface area contributed by atoms with Crippen LogP contribution in [0, 0.1) is 0 Å². The van der Waals surface area contributed by atoms with Crippen molar-refractivity contribution in [3.63, 3.8) is 0 Å². The van der Waals surface area contributed by atoms with Crippen molar-refractivity contribution in [3.05, 3.63) is 0 Å². The number of amides is 1. The van der Waals surface area contributed by atoms with Crippen LogP contribution in [-0.4, -0.2) is 98.8 Å². The molecule has 14 nitrogen and oxygen atoms in total. The lowest BCUT2D eigenvalue weighted by atomic mass is 10.0. The van der Waals surface area contributed by atoms with E-state index >= 15 is 0 Å². The second-order valence-corrected chi connectivity index (χ2v) is 7.32. The number of hydrogen-bond acceptors (Lipinski definition) is 13. The van der Waals surface area contributed by atoms with E-state index in [1.165, 1.54) is 34.8 Å². The van der Waals surface area contributed by atoms with Crippen LogP contribution in [0.1, 0.15) is 53.4 Å². The van der Waals surface area contributed by atoms with Crippen molar-refractivity contribution in [3.8, 4) is 0 Å². The quantitative estimate of drug-likeness (QED) is 0.131. The van der Waals surface area contributed by atoms with E-state index in [2.05, 4.69) is 5.32 Å². The number of aliphatic hydroxyl groups excluding tert-OH is 1. The zero-order valence-electron chi connectivity index (χ0n) is 21.8. The van der Waals surface area contributed by atoms with Gasteiger partial charge in [0.2, 0.25) is 12.2 Å². The Bertz CT molecular complexity index is 770. The summed E-state index contributed by atoms with van der Waals surface area (Å²) in [6.45, 7) is 4.70. The van der Waals surface area contributed by atoms with Gasteiger partial charge in [0.15, 0.2) is 12.2 Å². The van der Waals surface area contributed by atoms with Crippen LogP contribution < -0.4 is 5.32 Å². The van der Waals surface area contributed by atoms with E-state index in [1.807, 2.05) is 0 Å². The second kappa shape index (κ2) is 18.9. The molecule has 0 spiro atoms. The fourth-order valence-corrected chi connectivity index (χ4v) is 2.63. The Morgan fingerprint density at radius 3 is 1.54 bits per heavy atom. The lowest BCUT2D eigenvalue weighted by molar-refractivity contribution is -0.207. The number of aliphatic hydroxyl groups is 1. The van der Waals surface area contributed by atoms with Crippen molar-refractivity contribution in [2.24, 2.45) is 0 Å². The van der Waals surface area contributed by atoms with Crippen LogP contribution in [0.3, 0.4) is 0 Å². The van der Waals surface area contributed by atoms with Gasteiger partial charge >= 0.3 is 29.8 Å². The summed E-state index contributed by atoms with van der Waals surface area (Å²) in [6.07, 6.45) is -8.68. The lowest BCUT2D eigenvalue weighted by Crippen LogP contribution is -2.58. The first-order chi connectivity index (χ1) is 17.6. The minimum absolute atomic E-state index is 0.0197. The first-order valence-corrected chi connectivity index (χ1v) is 11.9. The highest BCUT2D eigenvalue weighted by Crippen LogP contribution is 2.22. The molecular formula is C23H37NO13. The van der Waals surface area contributed by atoms with E-state index in [1.54, 1.807) is 0 Å². The fourth-order valence-electron chi connectivity index (χ4n) is 2.63. The topological polar surface area (TPSA) is 190 Å². The predicted octanol–water partition coefficient (Wildman–Crippen LogP) is -0.428. The second-order valence-electron chi connectivity index (χ2n) is 7.32. The van der Waals surface area contributed by atoms with Crippen molar-refractivity contribution in [2.75, 3.05) is 33.5 Å². The van der Waals surface area contributed by atoms with Gasteiger partial charge in [0, 0.05) is 39.3 Å². The van der Waals surface area contributed by atoms with Gasteiger partial charge in [0.05, 0.1) is 13.2 Å². The molecule has 0 radical (unpaired) electrons. The molecule has 0 aliphatic rings. The van der Waals surface area contributed by atoms with E-state index in [4.69, 9.17) is 33.5 Å². The van der Waals surface area contributed by atoms with E-state index < -0.39 is 66.8 Å². The summed E-state index contributed by atoms with van der Waals surface area (Å²) in [6, 6.07) is 0. The number of carbonyl (C=O) groups is 6. The number of ether oxygens (including phenoxy) is 6. The van der Waals surface area contributed by atoms with Crippen LogP contribution in [0.4, 0.5) is 0 Å². The molecule has 0 fully saturated rings. The van der Waals surface area contributed by atoms with Crippen LogP contribution in [0.5, 0.6) is 0 Å². The smallest absolute Gasteiger partial charge is 0.351 e. The highest BCUT2D eigenvalue weighted by Gasteiger charge is 2.50. The SMILES string of the molecule is CCC(=O)OC(C(=O)NCCO)C(OC(=O)CC)C(OC(=O)CC)C(OC(=O)CC)C(=O)OCCOC. The molecule has 0 saturated carbocycles. The first-order valence-electron chi connectivity index (χ1n) is 11.9. The maximum Gasteiger partial charge on any atom is 0.351 e. The molecule has 4 unspecified atom stereocenters. The minimum atomic E-state index is -2.01. The molecule has 37 heavy (non-hydrogen) atoms. The lowest BCUT2D eigenvalue weighted by Gasteiger charge is -2.34. The average Bonchev–Trinajstić information content (AvgIpc) is 2.90. The van der Waals surface area contributed by atoms with Gasteiger partial charge < -0.3 is 38.8 Å². The molecule has 2 N–H and O–H groups in total. The van der Waals surface area contributed by atoms with Gasteiger partial charge in [-0.1, -0.05) is 27.7 Å². The molecule has 0 aliphatic carbocycles. The van der Waals surface area contributed by atoms with Gasteiger partial charge in [-0.2, -0.15) is 0 Å². The third-order valence-electron chi connectivity index (χ3n) is 4.56. The van der Waals surface area contributed by atoms with Gasteiger partial charge in [0.1, 0.15) is 6.61 Å². The summed E-state index contributed by atoms with van der Waals surface area (Å²) in [7, 11) is 1.35. The summed E-state index contributed by atoms with van der Waals surface area (Å²) < 4.78 is 31.0. The molecule has 0 aromatic heterocycles. The number of rotatable bonds is 18. The zero-order valence-corrected chi connectivity index (χ0v) is 21.8. The first kappa shape index (κ1) is 33.7. The molecule has 0 rings (SSSR count). The Balaban J connectivity index is 6.82. The highest BCUT2D eigenvalue weighted by molar-refractivity contribution is 5.86. The standard InChI is InChI=1S/C23H37NO13/c1-6-14(26)34-18(20(36-16(28)8-3)22(30)24-10-11-25)19(35-15(27)7-2)21(37-17(29)9-4)23(31)33-13-12-32-5/h18-21,25H,6-13H2,1-5H3,(H,24,30). The fraction of sp³-hybridized carbons (Fsp3) is 0.739. The summed E-state index contributed by atoms with van der Waals surface area (Å²) in [5.74, 6) is -5.85. The van der Waals surface area contributed by atoms with Gasteiger partial charge in [-0.15, -0.1) is 0 Å². The Labute approximate surface area is 215 Å². The maximum atomic E-state index is 13.0. The van der Waals surface area contributed by atoms with E-state index in [9.17, 15) is 28.8 Å². The van der Waals surface area contributed by atoms with Gasteiger partial charge in [-0.25, -0.2) is 4.79 Å². The summed E-state index contributed by atoms with van der Waals surface area (Å²) in [5.41, 5.74) is 0. The molecule has 0 heterocycles. The molecule has 1 amide bonds. The largest absolute Gasteiger partial charge is 0.460 e. The molecule has 0 saturated heterocycles. The number of methoxy groups -OCH3 is 1. The van der Waals surface area contributed by atoms with Crippen LogP contribution >= 0.6 is 0 Å². The van der Waals surface area contributed by atoms with Crippen molar-refractivity contribution in [1.29, 1.82) is 0 Å². The van der Waals surface area contributed by atoms with Crippen molar-refractivity contribution in [1.82, 2.24) is 5.32 Å². The Kier molecular flexibility index (Phi) is 17.3. The Morgan fingerprint density at radius 2 is 1.11 bits per heavy atom. The van der Waals surface area contributed by atoms with E-state index in [-0.39, 0.29) is 45.4 Å². The average molecular weight is 536 g/mol. The van der Waals surface area contributed by atoms with Gasteiger partial charge in [0.25, 0.3) is 5.91 Å². The van der Waals surface area contributed by atoms with Crippen molar-refractivity contribution < 1.29 is 62.3 Å². The molecule has 212 valence electrons. The van der Waals surface area contributed by atoms with Gasteiger partial charge in [-0.3, -0.25) is 24.0 Å². The van der Waals surface area contributed by atoms with Crippen LogP contribution in [0.25, 0.3) is 0 Å². The molecule has 14 heteroatoms. The monoisotopic (exact) mass is 535 g/mol. The molecule has 4 atom stereocenters. The third kappa shape index (κ3) is 12.5. The minimum Gasteiger partial charge on any atom is -0.460 e. The maximum absolute atomic E-state index is 13.0. The summed E-state index contributed by atoms with van der Waals surface area (Å²) >= 11 is 0. The van der Waals surface area contributed by atoms with E-state index in [0.717, 1.165) is 0 Å². The number of hydrogen-bond donors (Lipinski definition) is 2. The molecule has 0 bridgehead atoms. The number of esters is 5. The Hall–Kier alpha value is -3.26. The molecular weight excluding hydrogens is 498 g/mol. The normalized spacial score (nSPS) is 13.8. The number of nitrogens with one attached hydrogen (secondary N) is 1. The Morgan fingerprint density at radius 1 is 0.676 bits per heavy atom. The van der Waals surface area contributed by atoms with Crippen molar-refractivity contribution >= 4 is 35.8 Å². The van der Waals surface area contributed by atoms with Crippen LogP contribution in [-0.2, 0) is 57.2 Å². The predicted molar refractivity (Wildman–Crippen MR) is 124 cm³/mol. The summed E-state index contributed by atoms with van der Waals surface area (Å²) in [4.78, 5) is 74.9. The van der Waals surface area contributed by atoms with E-state index in [0.29, 0.717) is 0 Å². The van der Waals surface area contributed by atoms with Crippen molar-refractivity contribution in [2.45, 2.75) is 77.8 Å². The zero-order chi connectivity index (χ0) is 28.4. The number of carbonyl (C=O) groups excluding carboxylic acids is 6.